The van der Waals surface area contributed by atoms with E-state index in [1.54, 1.807) is 29.6 Å². The Labute approximate surface area is 117 Å². The molecule has 6 heteroatoms. The van der Waals surface area contributed by atoms with Crippen LogP contribution in [0, 0.1) is 0 Å². The minimum Gasteiger partial charge on any atom is -0.398 e. The topological polar surface area (TPSA) is 63.4 Å². The molecule has 0 spiro atoms. The summed E-state index contributed by atoms with van der Waals surface area (Å²) in [7, 11) is -1.95. The Kier molecular flexibility index (Phi) is 3.82. The Morgan fingerprint density at radius 3 is 2.58 bits per heavy atom. The van der Waals surface area contributed by atoms with Gasteiger partial charge in [0.25, 0.3) is 10.0 Å². The summed E-state index contributed by atoms with van der Waals surface area (Å²) in [5, 5.41) is 1.75. The molecule has 0 amide bonds. The first-order valence-electron chi connectivity index (χ1n) is 5.87. The average Bonchev–Trinajstić information content (AvgIpc) is 2.92. The SMILES string of the molecule is CCc1ccc(N(C)S(=O)(=O)c2cccs2)cc1N. The molecule has 0 aliphatic rings. The number of nitrogens with two attached hydrogens (primary N) is 1. The first-order chi connectivity index (χ1) is 8.96. The van der Waals surface area contributed by atoms with Gasteiger partial charge in [0.2, 0.25) is 0 Å². The van der Waals surface area contributed by atoms with Crippen LogP contribution in [0.25, 0.3) is 0 Å². The maximum atomic E-state index is 12.4. The number of thiophene rings is 1. The monoisotopic (exact) mass is 296 g/mol. The van der Waals surface area contributed by atoms with Crippen molar-refractivity contribution >= 4 is 32.7 Å². The van der Waals surface area contributed by atoms with Crippen molar-refractivity contribution in [3.63, 3.8) is 0 Å². The summed E-state index contributed by atoms with van der Waals surface area (Å²) in [6.07, 6.45) is 0.827. The van der Waals surface area contributed by atoms with Crippen LogP contribution in [0.1, 0.15) is 12.5 Å². The van der Waals surface area contributed by atoms with Crippen LogP contribution in [-0.2, 0) is 16.4 Å². The van der Waals surface area contributed by atoms with Crippen molar-refractivity contribution in [3.8, 4) is 0 Å². The lowest BCUT2D eigenvalue weighted by atomic mass is 10.1. The van der Waals surface area contributed by atoms with E-state index >= 15 is 0 Å². The number of nitrogens with zero attached hydrogens (tertiary/aromatic N) is 1. The van der Waals surface area contributed by atoms with E-state index in [1.807, 2.05) is 13.0 Å². The third-order valence-electron chi connectivity index (χ3n) is 2.98. The van der Waals surface area contributed by atoms with E-state index in [0.717, 1.165) is 12.0 Å². The molecule has 2 aromatic rings. The predicted molar refractivity (Wildman–Crippen MR) is 80.1 cm³/mol. The van der Waals surface area contributed by atoms with Gasteiger partial charge in [-0.3, -0.25) is 4.31 Å². The number of benzene rings is 1. The zero-order chi connectivity index (χ0) is 14.0. The molecule has 2 N–H and O–H groups in total. The lowest BCUT2D eigenvalue weighted by Crippen LogP contribution is -2.25. The number of rotatable bonds is 4. The van der Waals surface area contributed by atoms with E-state index in [2.05, 4.69) is 0 Å². The normalized spacial score (nSPS) is 11.5. The molecule has 0 aliphatic heterocycles. The Morgan fingerprint density at radius 2 is 2.05 bits per heavy atom. The summed E-state index contributed by atoms with van der Waals surface area (Å²) in [6, 6.07) is 8.66. The van der Waals surface area contributed by atoms with Gasteiger partial charge in [-0.1, -0.05) is 19.1 Å². The summed E-state index contributed by atoms with van der Waals surface area (Å²) >= 11 is 1.20. The number of nitrogen functional groups attached to an aromatic ring is 1. The van der Waals surface area contributed by atoms with E-state index < -0.39 is 10.0 Å². The minimum atomic E-state index is -3.49. The van der Waals surface area contributed by atoms with Crippen LogP contribution in [0.5, 0.6) is 0 Å². The first-order valence-corrected chi connectivity index (χ1v) is 8.19. The van der Waals surface area contributed by atoms with E-state index in [9.17, 15) is 8.42 Å². The molecule has 0 radical (unpaired) electrons. The summed E-state index contributed by atoms with van der Waals surface area (Å²) in [5.41, 5.74) is 8.12. The molecule has 1 aromatic heterocycles. The maximum Gasteiger partial charge on any atom is 0.273 e. The van der Waals surface area contributed by atoms with Gasteiger partial charge in [-0.15, -0.1) is 11.3 Å². The summed E-state index contributed by atoms with van der Waals surface area (Å²) < 4.78 is 26.3. The van der Waals surface area contributed by atoms with Gasteiger partial charge < -0.3 is 5.73 Å². The number of hydrogen-bond donors (Lipinski definition) is 1. The van der Waals surface area contributed by atoms with Crippen molar-refractivity contribution < 1.29 is 8.42 Å². The quantitative estimate of drug-likeness (QED) is 0.882. The number of sulfonamides is 1. The fourth-order valence-electron chi connectivity index (χ4n) is 1.78. The Hall–Kier alpha value is -1.53. The summed E-state index contributed by atoms with van der Waals surface area (Å²) in [6.45, 7) is 2.01. The van der Waals surface area contributed by atoms with Crippen molar-refractivity contribution in [3.05, 3.63) is 41.3 Å². The van der Waals surface area contributed by atoms with Gasteiger partial charge in [0.05, 0.1) is 5.69 Å². The largest absolute Gasteiger partial charge is 0.398 e. The summed E-state index contributed by atoms with van der Waals surface area (Å²) in [4.78, 5) is 0. The molecule has 1 aromatic carbocycles. The van der Waals surface area contributed by atoms with Gasteiger partial charge in [0, 0.05) is 12.7 Å². The van der Waals surface area contributed by atoms with E-state index in [4.69, 9.17) is 5.73 Å². The van der Waals surface area contributed by atoms with Gasteiger partial charge in [0.15, 0.2) is 0 Å². The highest BCUT2D eigenvalue weighted by Crippen LogP contribution is 2.27. The zero-order valence-corrected chi connectivity index (χ0v) is 12.5. The molecule has 19 heavy (non-hydrogen) atoms. The fourth-order valence-corrected chi connectivity index (χ4v) is 4.13. The molecule has 0 saturated heterocycles. The van der Waals surface area contributed by atoms with E-state index in [0.29, 0.717) is 15.6 Å². The second-order valence-electron chi connectivity index (χ2n) is 4.14. The molecule has 0 aliphatic carbocycles. The second-order valence-corrected chi connectivity index (χ2v) is 7.29. The van der Waals surface area contributed by atoms with Crippen LogP contribution < -0.4 is 10.0 Å². The highest BCUT2D eigenvalue weighted by molar-refractivity contribution is 7.94. The molecular weight excluding hydrogens is 280 g/mol. The smallest absolute Gasteiger partial charge is 0.273 e. The molecule has 4 nitrogen and oxygen atoms in total. The van der Waals surface area contributed by atoms with Crippen molar-refractivity contribution in [1.29, 1.82) is 0 Å². The van der Waals surface area contributed by atoms with Crippen molar-refractivity contribution in [2.24, 2.45) is 0 Å². The van der Waals surface area contributed by atoms with E-state index in [-0.39, 0.29) is 0 Å². The van der Waals surface area contributed by atoms with Crippen LogP contribution in [0.3, 0.4) is 0 Å². The van der Waals surface area contributed by atoms with Crippen molar-refractivity contribution in [2.75, 3.05) is 17.1 Å². The standard InChI is InChI=1S/C13H16N2O2S2/c1-3-10-6-7-11(9-12(10)14)15(2)19(16,17)13-5-4-8-18-13/h4-9H,3,14H2,1-2H3. The van der Waals surface area contributed by atoms with E-state index in [1.165, 1.54) is 22.7 Å². The van der Waals surface area contributed by atoms with Gasteiger partial charge in [-0.05, 0) is 35.6 Å². The molecule has 0 saturated carbocycles. The van der Waals surface area contributed by atoms with Crippen molar-refractivity contribution in [1.82, 2.24) is 0 Å². The van der Waals surface area contributed by atoms with Gasteiger partial charge in [-0.25, -0.2) is 8.42 Å². The third kappa shape index (κ3) is 2.59. The maximum absolute atomic E-state index is 12.4. The number of aryl methyl sites for hydroxylation is 1. The number of anilines is 2. The molecule has 0 unspecified atom stereocenters. The molecule has 0 fully saturated rings. The molecule has 102 valence electrons. The summed E-state index contributed by atoms with van der Waals surface area (Å²) in [5.74, 6) is 0. The zero-order valence-electron chi connectivity index (χ0n) is 10.8. The highest BCUT2D eigenvalue weighted by atomic mass is 32.2. The van der Waals surface area contributed by atoms with Crippen LogP contribution in [-0.4, -0.2) is 15.5 Å². The van der Waals surface area contributed by atoms with Crippen LogP contribution in [0.15, 0.2) is 39.9 Å². The average molecular weight is 296 g/mol. The van der Waals surface area contributed by atoms with Gasteiger partial charge >= 0.3 is 0 Å². The Balaban J connectivity index is 2.40. The first kappa shape index (κ1) is 13.9. The fraction of sp³-hybridized carbons (Fsp3) is 0.231. The van der Waals surface area contributed by atoms with Gasteiger partial charge in [-0.2, -0.15) is 0 Å². The lowest BCUT2D eigenvalue weighted by Gasteiger charge is -2.19. The Bertz CT molecular complexity index is 664. The molecule has 0 bridgehead atoms. The minimum absolute atomic E-state index is 0.327. The van der Waals surface area contributed by atoms with Crippen LogP contribution >= 0.6 is 11.3 Å². The van der Waals surface area contributed by atoms with Gasteiger partial charge in [0.1, 0.15) is 4.21 Å². The number of hydrogen-bond acceptors (Lipinski definition) is 4. The Morgan fingerprint density at radius 1 is 1.32 bits per heavy atom. The molecule has 2 rings (SSSR count). The third-order valence-corrected chi connectivity index (χ3v) is 6.14. The molecule has 1 heterocycles. The van der Waals surface area contributed by atoms with Crippen molar-refractivity contribution in [2.45, 2.75) is 17.6 Å². The van der Waals surface area contributed by atoms with Crippen LogP contribution in [0.2, 0.25) is 0 Å². The lowest BCUT2D eigenvalue weighted by molar-refractivity contribution is 0.596. The predicted octanol–water partition coefficient (Wildman–Crippen LogP) is 2.72. The molecule has 0 atom stereocenters. The molecular formula is C13H16N2O2S2. The second kappa shape index (κ2) is 5.22. The highest BCUT2D eigenvalue weighted by Gasteiger charge is 2.22. The van der Waals surface area contributed by atoms with Crippen LogP contribution in [0.4, 0.5) is 11.4 Å².